The molecule has 1 fully saturated rings. The zero-order valence-corrected chi connectivity index (χ0v) is 15.7. The van der Waals surface area contributed by atoms with Gasteiger partial charge in [-0.15, -0.1) is 0 Å². The molecule has 24 heavy (non-hydrogen) atoms. The Labute approximate surface area is 147 Å². The average Bonchev–Trinajstić information content (AvgIpc) is 2.43. The molecule has 1 aliphatic carbocycles. The molecule has 1 rings (SSSR count). The van der Waals surface area contributed by atoms with Crippen molar-refractivity contribution in [1.82, 2.24) is 0 Å². The van der Waals surface area contributed by atoms with Gasteiger partial charge >= 0.3 is 0 Å². The van der Waals surface area contributed by atoms with Crippen LogP contribution in [0.15, 0.2) is 0 Å². The SMILES string of the molecule is CC(C)C(=O)C1CCC1.CC(C)OCCOCCOCCC(N)=O.[HH]. The zero-order chi connectivity index (χ0) is 18.4. The molecule has 0 atom stereocenters. The number of carbonyl (C=O) groups is 2. The van der Waals surface area contributed by atoms with Crippen LogP contribution < -0.4 is 5.73 Å². The van der Waals surface area contributed by atoms with Gasteiger partial charge in [-0.25, -0.2) is 0 Å². The highest BCUT2D eigenvalue weighted by Gasteiger charge is 2.26. The number of nitrogens with two attached hydrogens (primary N) is 1. The maximum atomic E-state index is 11.1. The first kappa shape index (κ1) is 23.0. The van der Waals surface area contributed by atoms with Crippen LogP contribution in [0, 0.1) is 11.8 Å². The lowest BCUT2D eigenvalue weighted by Crippen LogP contribution is -2.25. The van der Waals surface area contributed by atoms with Crippen LogP contribution >= 0.6 is 0 Å². The molecule has 1 aliphatic rings. The standard InChI is InChI=1S/C10H21NO4.C8H14O.H2/c1-9(2)15-8-7-14-6-5-13-4-3-10(11)12;1-6(2)8(9)7-4-3-5-7;/h9H,3-8H2,1-2H3,(H2,11,12);6-7H,3-5H2,1-2H3;1H. The normalized spacial score (nSPS) is 14.2. The van der Waals surface area contributed by atoms with Crippen LogP contribution in [-0.4, -0.2) is 50.8 Å². The predicted octanol–water partition coefficient (Wildman–Crippen LogP) is 2.58. The molecular formula is C18H37NO5. The maximum Gasteiger partial charge on any atom is 0.219 e. The molecule has 0 heterocycles. The second kappa shape index (κ2) is 14.4. The number of hydrogen-bond donors (Lipinski definition) is 1. The number of hydrogen-bond acceptors (Lipinski definition) is 5. The molecule has 1 saturated carbocycles. The van der Waals surface area contributed by atoms with E-state index < -0.39 is 0 Å². The Morgan fingerprint density at radius 2 is 1.54 bits per heavy atom. The molecule has 0 unspecified atom stereocenters. The van der Waals surface area contributed by atoms with Crippen LogP contribution in [0.3, 0.4) is 0 Å². The fraction of sp³-hybridized carbons (Fsp3) is 0.889. The van der Waals surface area contributed by atoms with E-state index in [4.69, 9.17) is 19.9 Å². The van der Waals surface area contributed by atoms with Crippen molar-refractivity contribution in [3.05, 3.63) is 0 Å². The smallest absolute Gasteiger partial charge is 0.219 e. The minimum Gasteiger partial charge on any atom is -0.379 e. The molecule has 0 aromatic heterocycles. The third-order valence-corrected chi connectivity index (χ3v) is 3.62. The maximum absolute atomic E-state index is 11.1. The largest absolute Gasteiger partial charge is 0.379 e. The molecule has 1 amide bonds. The molecule has 0 spiro atoms. The Bertz CT molecular complexity index is 346. The summed E-state index contributed by atoms with van der Waals surface area (Å²) in [6.07, 6.45) is 4.06. The number of Topliss-reactive ketones (excluding diaryl/α,β-unsaturated/α-hetero) is 1. The minimum atomic E-state index is -0.346. The summed E-state index contributed by atoms with van der Waals surface area (Å²) >= 11 is 0. The molecular weight excluding hydrogens is 310 g/mol. The van der Waals surface area contributed by atoms with Crippen LogP contribution in [0.5, 0.6) is 0 Å². The van der Waals surface area contributed by atoms with Gasteiger partial charge in [-0.05, 0) is 26.7 Å². The highest BCUT2D eigenvalue weighted by Crippen LogP contribution is 2.29. The highest BCUT2D eigenvalue weighted by molar-refractivity contribution is 5.83. The van der Waals surface area contributed by atoms with Crippen molar-refractivity contribution in [3.63, 3.8) is 0 Å². The molecule has 6 nitrogen and oxygen atoms in total. The molecule has 2 N–H and O–H groups in total. The second-order valence-electron chi connectivity index (χ2n) is 6.55. The lowest BCUT2D eigenvalue weighted by atomic mass is 9.79. The summed E-state index contributed by atoms with van der Waals surface area (Å²) in [5.41, 5.74) is 4.93. The highest BCUT2D eigenvalue weighted by atomic mass is 16.5. The monoisotopic (exact) mass is 347 g/mol. The van der Waals surface area contributed by atoms with Gasteiger partial charge in [-0.2, -0.15) is 0 Å². The van der Waals surface area contributed by atoms with Crippen LogP contribution in [0.2, 0.25) is 0 Å². The van der Waals surface area contributed by atoms with Crippen LogP contribution in [-0.2, 0) is 23.8 Å². The van der Waals surface area contributed by atoms with E-state index in [1.54, 1.807) is 0 Å². The van der Waals surface area contributed by atoms with Gasteiger partial charge in [0.25, 0.3) is 0 Å². The molecule has 0 bridgehead atoms. The van der Waals surface area contributed by atoms with Crippen molar-refractivity contribution in [1.29, 1.82) is 0 Å². The van der Waals surface area contributed by atoms with Gasteiger partial charge < -0.3 is 19.9 Å². The molecule has 0 aromatic carbocycles. The Balaban J connectivity index is 0. The van der Waals surface area contributed by atoms with Gasteiger partial charge in [-0.1, -0.05) is 20.3 Å². The summed E-state index contributed by atoms with van der Waals surface area (Å²) in [6.45, 7) is 10.5. The Kier molecular flexibility index (Phi) is 13.8. The van der Waals surface area contributed by atoms with E-state index >= 15 is 0 Å². The van der Waals surface area contributed by atoms with Gasteiger partial charge in [0, 0.05) is 19.7 Å². The van der Waals surface area contributed by atoms with E-state index in [-0.39, 0.29) is 25.8 Å². The fourth-order valence-corrected chi connectivity index (χ4v) is 2.00. The summed E-state index contributed by atoms with van der Waals surface area (Å²) in [5, 5.41) is 0. The summed E-state index contributed by atoms with van der Waals surface area (Å²) in [4.78, 5) is 21.5. The average molecular weight is 347 g/mol. The quantitative estimate of drug-likeness (QED) is 0.548. The number of rotatable bonds is 12. The van der Waals surface area contributed by atoms with Crippen molar-refractivity contribution in [2.24, 2.45) is 17.6 Å². The first-order valence-corrected chi connectivity index (χ1v) is 8.93. The van der Waals surface area contributed by atoms with Crippen molar-refractivity contribution in [2.45, 2.75) is 59.5 Å². The van der Waals surface area contributed by atoms with Crippen molar-refractivity contribution < 1.29 is 25.2 Å². The van der Waals surface area contributed by atoms with E-state index in [1.165, 1.54) is 6.42 Å². The number of ether oxygens (including phenoxy) is 3. The number of primary amides is 1. The van der Waals surface area contributed by atoms with E-state index in [0.29, 0.717) is 44.7 Å². The van der Waals surface area contributed by atoms with Gasteiger partial charge in [0.05, 0.1) is 39.1 Å². The summed E-state index contributed by atoms with van der Waals surface area (Å²) in [6, 6.07) is 0. The lowest BCUT2D eigenvalue weighted by Gasteiger charge is -2.25. The lowest BCUT2D eigenvalue weighted by molar-refractivity contribution is -0.128. The van der Waals surface area contributed by atoms with Crippen LogP contribution in [0.25, 0.3) is 0 Å². The summed E-state index contributed by atoms with van der Waals surface area (Å²) < 4.78 is 15.6. The van der Waals surface area contributed by atoms with Crippen molar-refractivity contribution in [3.8, 4) is 0 Å². The molecule has 6 heteroatoms. The fourth-order valence-electron chi connectivity index (χ4n) is 2.00. The topological polar surface area (TPSA) is 87.8 Å². The third kappa shape index (κ3) is 13.5. The number of carbonyl (C=O) groups excluding carboxylic acids is 2. The molecule has 0 saturated heterocycles. The number of ketones is 1. The molecule has 0 aliphatic heterocycles. The number of amides is 1. The molecule has 0 aromatic rings. The molecule has 0 radical (unpaired) electrons. The van der Waals surface area contributed by atoms with Gasteiger partial charge in [0.15, 0.2) is 0 Å². The third-order valence-electron chi connectivity index (χ3n) is 3.62. The zero-order valence-electron chi connectivity index (χ0n) is 15.7. The van der Waals surface area contributed by atoms with E-state index in [2.05, 4.69) is 0 Å². The minimum absolute atomic E-state index is 0. The summed E-state index contributed by atoms with van der Waals surface area (Å²) in [7, 11) is 0. The van der Waals surface area contributed by atoms with Gasteiger partial charge in [0.2, 0.25) is 5.91 Å². The first-order chi connectivity index (χ1) is 11.3. The second-order valence-corrected chi connectivity index (χ2v) is 6.55. The van der Waals surface area contributed by atoms with E-state index in [9.17, 15) is 9.59 Å². The van der Waals surface area contributed by atoms with Gasteiger partial charge in [-0.3, -0.25) is 9.59 Å². The Morgan fingerprint density at radius 1 is 1.00 bits per heavy atom. The van der Waals surface area contributed by atoms with Crippen molar-refractivity contribution in [2.75, 3.05) is 33.0 Å². The van der Waals surface area contributed by atoms with Crippen LogP contribution in [0.1, 0.15) is 54.8 Å². The van der Waals surface area contributed by atoms with Gasteiger partial charge in [0.1, 0.15) is 5.78 Å². The predicted molar refractivity (Wildman–Crippen MR) is 95.8 cm³/mol. The van der Waals surface area contributed by atoms with E-state index in [1.807, 2.05) is 27.7 Å². The Morgan fingerprint density at radius 3 is 1.92 bits per heavy atom. The van der Waals surface area contributed by atoms with Crippen LogP contribution in [0.4, 0.5) is 0 Å². The first-order valence-electron chi connectivity index (χ1n) is 8.93. The van der Waals surface area contributed by atoms with E-state index in [0.717, 1.165) is 12.8 Å². The Hall–Kier alpha value is -0.980. The molecule has 144 valence electrons. The summed E-state index contributed by atoms with van der Waals surface area (Å²) in [5.74, 6) is 0.822. The van der Waals surface area contributed by atoms with Crippen molar-refractivity contribution >= 4 is 11.7 Å².